The maximum Gasteiger partial charge on any atom is 0.418 e. The first-order chi connectivity index (χ1) is 21.4. The molecule has 1 fully saturated rings. The summed E-state index contributed by atoms with van der Waals surface area (Å²) in [5.74, 6) is 0.832. The highest BCUT2D eigenvalue weighted by atomic mass is 19.4. The summed E-state index contributed by atoms with van der Waals surface area (Å²) in [5.41, 5.74) is 11.0. The second-order valence-corrected chi connectivity index (χ2v) is 11.8. The van der Waals surface area contributed by atoms with Crippen LogP contribution < -0.4 is 26.2 Å². The van der Waals surface area contributed by atoms with Crippen LogP contribution in [-0.4, -0.2) is 56.4 Å². The molecule has 2 aromatic carbocycles. The van der Waals surface area contributed by atoms with Crippen molar-refractivity contribution in [1.82, 2.24) is 15.3 Å². The van der Waals surface area contributed by atoms with Gasteiger partial charge in [0, 0.05) is 68.5 Å². The molecule has 11 heteroatoms. The smallest absolute Gasteiger partial charge is 0.399 e. The van der Waals surface area contributed by atoms with E-state index in [1.165, 1.54) is 6.07 Å². The standard InChI is InChI=1S/C34H40F3N7O/c1-21(2)39-19-26-14-24(23-6-8-27(38)9-7-23)15-30(34(35,36)37)32(26)42-28-17-29(22(3)40-20-28)25-16-31(33(41-18-25)43(4)5)44-10-12-45-13-11-44/h6-9,14-18,20-21,39,42H,10-13,19,38H2,1-5H3. The highest BCUT2D eigenvalue weighted by molar-refractivity contribution is 5.80. The van der Waals surface area contributed by atoms with Gasteiger partial charge in [-0.15, -0.1) is 0 Å². The van der Waals surface area contributed by atoms with Crippen LogP contribution >= 0.6 is 0 Å². The van der Waals surface area contributed by atoms with Gasteiger partial charge in [0.2, 0.25) is 0 Å². The van der Waals surface area contributed by atoms with Crippen molar-refractivity contribution in [3.8, 4) is 22.3 Å². The van der Waals surface area contributed by atoms with Crippen LogP contribution in [0.25, 0.3) is 22.3 Å². The molecule has 0 spiro atoms. The van der Waals surface area contributed by atoms with Crippen molar-refractivity contribution >= 4 is 28.6 Å². The van der Waals surface area contributed by atoms with Crippen LogP contribution in [0.15, 0.2) is 60.9 Å². The number of hydrogen-bond acceptors (Lipinski definition) is 8. The molecule has 0 bridgehead atoms. The summed E-state index contributed by atoms with van der Waals surface area (Å²) in [7, 11) is 3.90. The van der Waals surface area contributed by atoms with Gasteiger partial charge in [-0.1, -0.05) is 26.0 Å². The second-order valence-electron chi connectivity index (χ2n) is 11.8. The Morgan fingerprint density at radius 1 is 0.956 bits per heavy atom. The molecule has 8 nitrogen and oxygen atoms in total. The van der Waals surface area contributed by atoms with Crippen molar-refractivity contribution in [2.24, 2.45) is 0 Å². The predicted molar refractivity (Wildman–Crippen MR) is 176 cm³/mol. The molecule has 2 aromatic heterocycles. The fourth-order valence-corrected chi connectivity index (χ4v) is 5.38. The van der Waals surface area contributed by atoms with Gasteiger partial charge >= 0.3 is 6.18 Å². The molecule has 4 N–H and O–H groups in total. The summed E-state index contributed by atoms with van der Waals surface area (Å²) < 4.78 is 49.7. The van der Waals surface area contributed by atoms with Gasteiger partial charge < -0.3 is 30.9 Å². The van der Waals surface area contributed by atoms with Gasteiger partial charge in [-0.2, -0.15) is 13.2 Å². The first-order valence-corrected chi connectivity index (χ1v) is 15.0. The van der Waals surface area contributed by atoms with E-state index in [1.807, 2.05) is 45.8 Å². The lowest BCUT2D eigenvalue weighted by atomic mass is 9.96. The molecule has 5 rings (SSSR count). The van der Waals surface area contributed by atoms with Gasteiger partial charge in [0.15, 0.2) is 5.82 Å². The molecule has 45 heavy (non-hydrogen) atoms. The van der Waals surface area contributed by atoms with E-state index in [9.17, 15) is 13.2 Å². The molecule has 0 amide bonds. The van der Waals surface area contributed by atoms with E-state index in [4.69, 9.17) is 15.5 Å². The van der Waals surface area contributed by atoms with Gasteiger partial charge in [-0.25, -0.2) is 4.98 Å². The minimum absolute atomic E-state index is 0.0125. The maximum atomic E-state index is 14.7. The topological polar surface area (TPSA) is 91.6 Å². The van der Waals surface area contributed by atoms with Crippen molar-refractivity contribution in [2.45, 2.75) is 39.5 Å². The summed E-state index contributed by atoms with van der Waals surface area (Å²) in [4.78, 5) is 13.5. The number of anilines is 5. The Hall–Kier alpha value is -4.35. The summed E-state index contributed by atoms with van der Waals surface area (Å²) in [6.07, 6.45) is -1.26. The number of aryl methyl sites for hydroxylation is 1. The molecular weight excluding hydrogens is 579 g/mol. The number of halogens is 3. The lowest BCUT2D eigenvalue weighted by molar-refractivity contribution is -0.136. The fraction of sp³-hybridized carbons (Fsp3) is 0.353. The number of aromatic nitrogens is 2. The normalized spacial score (nSPS) is 13.8. The molecule has 0 unspecified atom stereocenters. The number of ether oxygens (including phenoxy) is 1. The zero-order valence-corrected chi connectivity index (χ0v) is 26.3. The Labute approximate surface area is 262 Å². The summed E-state index contributed by atoms with van der Waals surface area (Å²) in [6.45, 7) is 8.77. The van der Waals surface area contributed by atoms with Crippen LogP contribution in [-0.2, 0) is 17.5 Å². The maximum absolute atomic E-state index is 14.7. The fourth-order valence-electron chi connectivity index (χ4n) is 5.38. The Balaban J connectivity index is 1.59. The number of rotatable bonds is 9. The van der Waals surface area contributed by atoms with E-state index in [0.29, 0.717) is 41.3 Å². The van der Waals surface area contributed by atoms with Crippen molar-refractivity contribution < 1.29 is 17.9 Å². The average molecular weight is 620 g/mol. The van der Waals surface area contributed by atoms with E-state index in [1.54, 1.807) is 42.7 Å². The zero-order chi connectivity index (χ0) is 32.3. The SMILES string of the molecule is Cc1ncc(Nc2c(CNC(C)C)cc(-c3ccc(N)cc3)cc2C(F)(F)F)cc1-c1cnc(N(C)C)c(N2CCOCC2)c1. The molecule has 0 aliphatic carbocycles. The van der Waals surface area contributed by atoms with Crippen molar-refractivity contribution in [1.29, 1.82) is 0 Å². The summed E-state index contributed by atoms with van der Waals surface area (Å²) in [5, 5.41) is 6.39. The van der Waals surface area contributed by atoms with E-state index in [-0.39, 0.29) is 18.3 Å². The lowest BCUT2D eigenvalue weighted by Gasteiger charge is -2.32. The molecule has 0 saturated carbocycles. The van der Waals surface area contributed by atoms with Crippen molar-refractivity contribution in [3.63, 3.8) is 0 Å². The number of alkyl halides is 3. The number of nitrogens with one attached hydrogen (secondary N) is 2. The number of nitrogens with two attached hydrogens (primary N) is 1. The van der Waals surface area contributed by atoms with E-state index in [0.717, 1.165) is 41.4 Å². The van der Waals surface area contributed by atoms with Crippen LogP contribution in [0.1, 0.15) is 30.7 Å². The number of pyridine rings is 2. The van der Waals surface area contributed by atoms with Gasteiger partial charge in [-0.05, 0) is 60.0 Å². The average Bonchev–Trinajstić information content (AvgIpc) is 3.01. The third kappa shape index (κ3) is 7.49. The molecule has 1 aliphatic heterocycles. The van der Waals surface area contributed by atoms with Crippen LogP contribution in [0.3, 0.4) is 0 Å². The number of nitrogens with zero attached hydrogens (tertiary/aromatic N) is 4. The first-order valence-electron chi connectivity index (χ1n) is 15.0. The van der Waals surface area contributed by atoms with Crippen molar-refractivity contribution in [2.75, 3.05) is 61.2 Å². The van der Waals surface area contributed by atoms with Gasteiger partial charge in [0.05, 0.1) is 42.0 Å². The number of hydrogen-bond donors (Lipinski definition) is 3. The highest BCUT2D eigenvalue weighted by Gasteiger charge is 2.35. The zero-order valence-electron chi connectivity index (χ0n) is 26.3. The molecule has 0 radical (unpaired) electrons. The van der Waals surface area contributed by atoms with E-state index >= 15 is 0 Å². The van der Waals surface area contributed by atoms with Gasteiger partial charge in [-0.3, -0.25) is 4.98 Å². The number of morpholine rings is 1. The molecule has 4 aromatic rings. The predicted octanol–water partition coefficient (Wildman–Crippen LogP) is 6.86. The minimum atomic E-state index is -4.61. The molecule has 3 heterocycles. The molecule has 0 atom stereocenters. The first kappa shape index (κ1) is 32.1. The van der Waals surface area contributed by atoms with Gasteiger partial charge in [0.25, 0.3) is 0 Å². The number of benzene rings is 2. The summed E-state index contributed by atoms with van der Waals surface area (Å²) >= 11 is 0. The van der Waals surface area contributed by atoms with Crippen molar-refractivity contribution in [3.05, 3.63) is 77.7 Å². The third-order valence-corrected chi connectivity index (χ3v) is 7.76. The molecule has 1 saturated heterocycles. The Morgan fingerprint density at radius 2 is 1.67 bits per heavy atom. The van der Waals surface area contributed by atoms with Crippen LogP contribution in [0.5, 0.6) is 0 Å². The van der Waals surface area contributed by atoms with E-state index < -0.39 is 11.7 Å². The largest absolute Gasteiger partial charge is 0.418 e. The molecule has 238 valence electrons. The minimum Gasteiger partial charge on any atom is -0.399 e. The lowest BCUT2D eigenvalue weighted by Crippen LogP contribution is -2.37. The monoisotopic (exact) mass is 619 g/mol. The quantitative estimate of drug-likeness (QED) is 0.175. The summed E-state index contributed by atoms with van der Waals surface area (Å²) in [6, 6.07) is 13.8. The van der Waals surface area contributed by atoms with Crippen LogP contribution in [0.4, 0.5) is 41.7 Å². The molecular formula is C34H40F3N7O. The van der Waals surface area contributed by atoms with Gasteiger partial charge in [0.1, 0.15) is 0 Å². The Morgan fingerprint density at radius 3 is 2.31 bits per heavy atom. The third-order valence-electron chi connectivity index (χ3n) is 7.76. The van der Waals surface area contributed by atoms with E-state index in [2.05, 4.69) is 26.6 Å². The Bertz CT molecular complexity index is 1630. The van der Waals surface area contributed by atoms with Crippen LogP contribution in [0.2, 0.25) is 0 Å². The van der Waals surface area contributed by atoms with Crippen LogP contribution in [0, 0.1) is 6.92 Å². The highest BCUT2D eigenvalue weighted by Crippen LogP contribution is 2.42. The second kappa shape index (κ2) is 13.3. The molecule has 1 aliphatic rings. The number of nitrogen functional groups attached to an aromatic ring is 1. The Kier molecular flexibility index (Phi) is 9.50.